The maximum absolute atomic E-state index is 13.2. The molecule has 0 saturated heterocycles. The van der Waals surface area contributed by atoms with E-state index in [-0.39, 0.29) is 49.1 Å². The molecule has 0 radical (unpaired) electrons. The summed E-state index contributed by atoms with van der Waals surface area (Å²) in [5.41, 5.74) is -1.76. The van der Waals surface area contributed by atoms with Crippen molar-refractivity contribution in [1.82, 2.24) is 0 Å². The SMILES string of the molecule is CCOC(=O)O[C@@]1(C(=O)OCCl)CC[C@@H]2[C@H]3CCC4=CC(=O)C=C[C@@]4(C)[C@@H]3[C@H](O)C[C@]21C. The molecule has 4 aliphatic carbocycles. The van der Waals surface area contributed by atoms with E-state index in [1.54, 1.807) is 19.1 Å². The maximum atomic E-state index is 13.2. The number of aliphatic hydroxyl groups excluding tert-OH is 1. The lowest BCUT2D eigenvalue weighted by Crippen LogP contribution is -2.62. The van der Waals surface area contributed by atoms with Crippen LogP contribution in [0.15, 0.2) is 23.8 Å². The number of fused-ring (bicyclic) bond motifs is 5. The molecule has 7 nitrogen and oxygen atoms in total. The minimum atomic E-state index is -1.57. The molecule has 7 atom stereocenters. The van der Waals surface area contributed by atoms with E-state index in [2.05, 4.69) is 6.92 Å². The normalized spacial score (nSPS) is 42.3. The van der Waals surface area contributed by atoms with Crippen molar-refractivity contribution >= 4 is 29.5 Å². The van der Waals surface area contributed by atoms with Crippen LogP contribution in [0, 0.1) is 28.6 Å². The zero-order valence-electron chi connectivity index (χ0n) is 18.8. The first-order valence-corrected chi connectivity index (χ1v) is 11.9. The van der Waals surface area contributed by atoms with Gasteiger partial charge in [-0.25, -0.2) is 9.59 Å². The third-order valence-electron chi connectivity index (χ3n) is 8.65. The predicted octanol–water partition coefficient (Wildman–Crippen LogP) is 3.92. The lowest BCUT2D eigenvalue weighted by Gasteiger charge is -2.59. The van der Waals surface area contributed by atoms with Gasteiger partial charge in [0.15, 0.2) is 11.8 Å². The summed E-state index contributed by atoms with van der Waals surface area (Å²) in [6, 6.07) is -0.354. The Kier molecular flexibility index (Phi) is 5.95. The van der Waals surface area contributed by atoms with E-state index in [0.29, 0.717) is 6.42 Å². The van der Waals surface area contributed by atoms with Crippen LogP contribution >= 0.6 is 11.6 Å². The van der Waals surface area contributed by atoms with Gasteiger partial charge in [-0.3, -0.25) is 4.79 Å². The molecule has 4 aliphatic rings. The molecule has 0 aromatic rings. The van der Waals surface area contributed by atoms with E-state index >= 15 is 0 Å². The van der Waals surface area contributed by atoms with Crippen LogP contribution in [0.3, 0.4) is 0 Å². The Morgan fingerprint density at radius 1 is 1.25 bits per heavy atom. The highest BCUT2D eigenvalue weighted by atomic mass is 35.5. The first kappa shape index (κ1) is 23.3. The van der Waals surface area contributed by atoms with Gasteiger partial charge in [-0.1, -0.05) is 37.1 Å². The number of allylic oxidation sites excluding steroid dienone is 4. The Hall–Kier alpha value is -1.86. The number of rotatable bonds is 4. The van der Waals surface area contributed by atoms with Gasteiger partial charge in [-0.15, -0.1) is 0 Å². The molecule has 8 heteroatoms. The Labute approximate surface area is 193 Å². The lowest BCUT2D eigenvalue weighted by molar-refractivity contribution is -0.199. The second-order valence-corrected chi connectivity index (χ2v) is 10.1. The maximum Gasteiger partial charge on any atom is 0.509 e. The van der Waals surface area contributed by atoms with Crippen LogP contribution < -0.4 is 0 Å². The number of halogens is 1. The average Bonchev–Trinajstić information content (AvgIpc) is 3.01. The third kappa shape index (κ3) is 3.23. The lowest BCUT2D eigenvalue weighted by atomic mass is 9.46. The fraction of sp³-hybridized carbons (Fsp3) is 0.708. The fourth-order valence-electron chi connectivity index (χ4n) is 7.31. The molecule has 0 amide bonds. The summed E-state index contributed by atoms with van der Waals surface area (Å²) in [4.78, 5) is 37.5. The van der Waals surface area contributed by atoms with E-state index in [1.807, 2.05) is 13.0 Å². The predicted molar refractivity (Wildman–Crippen MR) is 116 cm³/mol. The number of hydrogen-bond donors (Lipinski definition) is 1. The molecular formula is C24H31ClO7. The number of ketones is 1. The third-order valence-corrected chi connectivity index (χ3v) is 8.76. The van der Waals surface area contributed by atoms with Crippen molar-refractivity contribution in [3.8, 4) is 0 Å². The van der Waals surface area contributed by atoms with Crippen molar-refractivity contribution in [2.75, 3.05) is 12.7 Å². The number of esters is 1. The fourth-order valence-corrected chi connectivity index (χ4v) is 7.41. The summed E-state index contributed by atoms with van der Waals surface area (Å²) < 4.78 is 15.9. The topological polar surface area (TPSA) is 99.1 Å². The molecule has 0 spiro atoms. The van der Waals surface area contributed by atoms with E-state index in [9.17, 15) is 19.5 Å². The van der Waals surface area contributed by atoms with Gasteiger partial charge in [0.05, 0.1) is 12.7 Å². The summed E-state index contributed by atoms with van der Waals surface area (Å²) in [5, 5.41) is 11.5. The number of aliphatic hydroxyl groups is 1. The van der Waals surface area contributed by atoms with Crippen LogP contribution in [0.1, 0.15) is 52.9 Å². The van der Waals surface area contributed by atoms with Gasteiger partial charge < -0.3 is 19.3 Å². The molecular weight excluding hydrogens is 436 g/mol. The largest absolute Gasteiger partial charge is 0.509 e. The van der Waals surface area contributed by atoms with Crippen LogP contribution in [0.2, 0.25) is 0 Å². The number of hydrogen-bond acceptors (Lipinski definition) is 7. The minimum absolute atomic E-state index is 0.0161. The van der Waals surface area contributed by atoms with Gasteiger partial charge in [0.25, 0.3) is 0 Å². The summed E-state index contributed by atoms with van der Waals surface area (Å²) >= 11 is 5.70. The molecule has 0 unspecified atom stereocenters. The quantitative estimate of drug-likeness (QED) is 0.495. The molecule has 32 heavy (non-hydrogen) atoms. The van der Waals surface area contributed by atoms with Gasteiger partial charge in [0, 0.05) is 16.7 Å². The number of carbonyl (C=O) groups excluding carboxylic acids is 3. The van der Waals surface area contributed by atoms with Gasteiger partial charge in [-0.05, 0) is 63.0 Å². The van der Waals surface area contributed by atoms with E-state index in [4.69, 9.17) is 25.8 Å². The van der Waals surface area contributed by atoms with E-state index in [1.165, 1.54) is 0 Å². The Morgan fingerprint density at radius 2 is 2.00 bits per heavy atom. The van der Waals surface area contributed by atoms with Crippen LogP contribution in [0.5, 0.6) is 0 Å². The zero-order valence-corrected chi connectivity index (χ0v) is 19.5. The number of ether oxygens (including phenoxy) is 3. The van der Waals surface area contributed by atoms with Crippen molar-refractivity contribution in [3.05, 3.63) is 23.8 Å². The van der Waals surface area contributed by atoms with Gasteiger partial charge in [0.1, 0.15) is 0 Å². The monoisotopic (exact) mass is 466 g/mol. The van der Waals surface area contributed by atoms with Crippen molar-refractivity contribution in [3.63, 3.8) is 0 Å². The highest BCUT2D eigenvalue weighted by molar-refractivity contribution is 6.17. The summed E-state index contributed by atoms with van der Waals surface area (Å²) in [5.74, 6) is -0.676. The van der Waals surface area contributed by atoms with Gasteiger partial charge in [0.2, 0.25) is 5.60 Å². The van der Waals surface area contributed by atoms with Crippen molar-refractivity contribution in [1.29, 1.82) is 0 Å². The van der Waals surface area contributed by atoms with Crippen molar-refractivity contribution in [2.45, 2.75) is 64.6 Å². The Morgan fingerprint density at radius 3 is 2.69 bits per heavy atom. The van der Waals surface area contributed by atoms with Gasteiger partial charge >= 0.3 is 12.1 Å². The highest BCUT2D eigenvalue weighted by Crippen LogP contribution is 2.68. The van der Waals surface area contributed by atoms with Crippen LogP contribution in [-0.4, -0.2) is 47.4 Å². The second kappa shape index (κ2) is 8.17. The summed E-state index contributed by atoms with van der Waals surface area (Å²) in [6.07, 6.45) is 6.31. The van der Waals surface area contributed by atoms with Crippen LogP contribution in [0.25, 0.3) is 0 Å². The molecule has 1 N–H and O–H groups in total. The summed E-state index contributed by atoms with van der Waals surface area (Å²) in [6.45, 7) is 5.77. The van der Waals surface area contributed by atoms with E-state index < -0.39 is 34.7 Å². The first-order chi connectivity index (χ1) is 15.1. The molecule has 3 saturated carbocycles. The summed E-state index contributed by atoms with van der Waals surface area (Å²) in [7, 11) is 0. The molecule has 0 aromatic carbocycles. The average molecular weight is 467 g/mol. The van der Waals surface area contributed by atoms with E-state index in [0.717, 1.165) is 18.4 Å². The van der Waals surface area contributed by atoms with Crippen molar-refractivity contribution < 1.29 is 33.7 Å². The second-order valence-electron chi connectivity index (χ2n) is 9.90. The minimum Gasteiger partial charge on any atom is -0.446 e. The standard InChI is InChI=1S/C24H31ClO7/c1-4-30-21(29)32-24(20(28)31-13-25)10-8-17-16-6-5-14-11-15(26)7-9-22(14,2)19(16)18(27)12-23(17,24)3/h7,9,11,16-19,27H,4-6,8,10,12-13H2,1-3H3/t16-,17-,18-,19+,22-,23-,24-/m1/s1. The Balaban J connectivity index is 1.73. The number of carbonyl (C=O) groups is 3. The molecule has 0 aliphatic heterocycles. The molecule has 0 heterocycles. The molecule has 3 fully saturated rings. The zero-order chi connectivity index (χ0) is 23.3. The Bertz CT molecular complexity index is 882. The first-order valence-electron chi connectivity index (χ1n) is 11.3. The molecule has 4 rings (SSSR count). The molecule has 0 aromatic heterocycles. The van der Waals surface area contributed by atoms with Crippen LogP contribution in [0.4, 0.5) is 4.79 Å². The molecule has 0 bridgehead atoms. The van der Waals surface area contributed by atoms with Gasteiger partial charge in [-0.2, -0.15) is 0 Å². The molecule has 176 valence electrons. The van der Waals surface area contributed by atoms with Crippen LogP contribution in [-0.2, 0) is 23.8 Å². The van der Waals surface area contributed by atoms with Crippen molar-refractivity contribution in [2.24, 2.45) is 28.6 Å². The smallest absolute Gasteiger partial charge is 0.446 e. The highest BCUT2D eigenvalue weighted by Gasteiger charge is 2.71. The number of alkyl halides is 1.